The molecule has 0 radical (unpaired) electrons. The molecule has 0 fully saturated rings. The molecule has 188 valence electrons. The average molecular weight is 491 g/mol. The summed E-state index contributed by atoms with van der Waals surface area (Å²) in [6.07, 6.45) is 9.65. The normalized spacial score (nSPS) is 20.9. The van der Waals surface area contributed by atoms with Crippen LogP contribution in [0.25, 0.3) is 16.8 Å². The van der Waals surface area contributed by atoms with E-state index in [-0.39, 0.29) is 10.8 Å². The second kappa shape index (κ2) is 7.79. The van der Waals surface area contributed by atoms with E-state index in [0.29, 0.717) is 4.59 Å². The Morgan fingerprint density at radius 3 is 2.11 bits per heavy atom. The zero-order chi connectivity index (χ0) is 26.3. The van der Waals surface area contributed by atoms with Crippen LogP contribution >= 0.6 is 0 Å². The smallest absolute Gasteiger partial charge is 0.280 e. The highest BCUT2D eigenvalue weighted by molar-refractivity contribution is 5.97. The molecule has 0 bridgehead atoms. The van der Waals surface area contributed by atoms with E-state index in [2.05, 4.69) is 127 Å². The highest BCUT2D eigenvalue weighted by Gasteiger charge is 2.62. The van der Waals surface area contributed by atoms with Gasteiger partial charge in [0.25, 0.3) is 11.4 Å². The summed E-state index contributed by atoms with van der Waals surface area (Å²) in [5, 5.41) is 0. The first-order valence-corrected chi connectivity index (χ1v) is 13.5. The maximum Gasteiger partial charge on any atom is 0.280 e. The molecule has 0 saturated heterocycles. The number of hydrogen-bond acceptors (Lipinski definition) is 1. The molecule has 1 unspecified atom stereocenters. The molecule has 3 aliphatic heterocycles. The molecular weight excluding hydrogens is 452 g/mol. The Morgan fingerprint density at radius 1 is 0.865 bits per heavy atom. The fourth-order valence-corrected chi connectivity index (χ4v) is 6.53. The van der Waals surface area contributed by atoms with Gasteiger partial charge in [-0.3, -0.25) is 0 Å². The monoisotopic (exact) mass is 490 g/mol. The first kappa shape index (κ1) is 23.9. The average Bonchev–Trinajstić information content (AvgIpc) is 3.06. The molecule has 2 aromatic carbocycles. The van der Waals surface area contributed by atoms with E-state index in [0.717, 1.165) is 24.5 Å². The number of nitrogens with zero attached hydrogens (tertiary/aromatic N) is 2. The van der Waals surface area contributed by atoms with Crippen molar-refractivity contribution in [1.82, 2.24) is 4.59 Å². The van der Waals surface area contributed by atoms with Crippen LogP contribution in [-0.4, -0.2) is 6.54 Å². The SMILES string of the molecule is C=C1CC[N+]23c4c(ccc(C(C)(C)C)c4/C1=C/C=C\C)Oc1ccc(C(C)(C)C)c(c12)-c1cccc[n+]13. The first-order chi connectivity index (χ1) is 17.5. The summed E-state index contributed by atoms with van der Waals surface area (Å²) in [6.45, 7) is 21.4. The number of hydrogen-bond donors (Lipinski definition) is 0. The van der Waals surface area contributed by atoms with Crippen LogP contribution in [0.5, 0.6) is 11.5 Å². The summed E-state index contributed by atoms with van der Waals surface area (Å²) < 4.78 is 9.93. The number of pyridine rings is 1. The maximum absolute atomic E-state index is 6.82. The molecule has 0 saturated carbocycles. The van der Waals surface area contributed by atoms with Gasteiger partial charge in [0, 0.05) is 18.6 Å². The lowest BCUT2D eigenvalue weighted by Gasteiger charge is -2.35. The van der Waals surface area contributed by atoms with Gasteiger partial charge >= 0.3 is 0 Å². The topological polar surface area (TPSA) is 13.1 Å². The molecule has 3 aromatic rings. The van der Waals surface area contributed by atoms with Crippen LogP contribution in [0.15, 0.2) is 79.0 Å². The molecule has 1 spiro atoms. The standard InChI is InChI=1S/C34H38N2O/c1-9-10-13-23-22(2)19-21-36-31-27(17-15-24(29(23)31)33(3,4)5)37-28-18-16-25(34(6,7)8)30(32(28)36)26-14-11-12-20-35(26)36/h9-18,20H,2,19,21H2,1,3-8H3/q+2/b10-9-,23-13+. The lowest BCUT2D eigenvalue weighted by molar-refractivity contribution is -0.780. The quantitative estimate of drug-likeness (QED) is 0.246. The van der Waals surface area contributed by atoms with Crippen LogP contribution in [0.2, 0.25) is 0 Å². The number of ether oxygens (including phenoxy) is 1. The highest BCUT2D eigenvalue weighted by atomic mass is 16.5. The molecule has 0 N–H and O–H groups in total. The van der Waals surface area contributed by atoms with E-state index < -0.39 is 0 Å². The van der Waals surface area contributed by atoms with Crippen molar-refractivity contribution in [2.75, 3.05) is 6.54 Å². The van der Waals surface area contributed by atoms with Crippen LogP contribution in [0.3, 0.4) is 0 Å². The van der Waals surface area contributed by atoms with Gasteiger partial charge in [-0.1, -0.05) is 78.5 Å². The molecular formula is C34H38N2O+2. The van der Waals surface area contributed by atoms with Crippen molar-refractivity contribution >= 4 is 16.9 Å². The number of aromatic nitrogens is 1. The van der Waals surface area contributed by atoms with Gasteiger partial charge in [-0.2, -0.15) is 0 Å². The number of benzene rings is 2. The number of quaternary nitrogens is 1. The second-order valence-corrected chi connectivity index (χ2v) is 12.7. The Hall–Kier alpha value is -3.43. The van der Waals surface area contributed by atoms with Crippen LogP contribution in [-0.2, 0) is 10.8 Å². The van der Waals surface area contributed by atoms with Crippen molar-refractivity contribution in [2.45, 2.75) is 65.7 Å². The summed E-state index contributed by atoms with van der Waals surface area (Å²) in [6, 6.07) is 15.5. The van der Waals surface area contributed by atoms with Gasteiger partial charge in [-0.05, 0) is 67.5 Å². The fraction of sp³-hybridized carbons (Fsp3) is 0.324. The molecule has 4 heterocycles. The fourth-order valence-electron chi connectivity index (χ4n) is 6.53. The highest BCUT2D eigenvalue weighted by Crippen LogP contribution is 2.62. The molecule has 1 atom stereocenters. The largest absolute Gasteiger partial charge is 0.444 e. The van der Waals surface area contributed by atoms with Crippen molar-refractivity contribution in [3.05, 3.63) is 95.7 Å². The van der Waals surface area contributed by atoms with E-state index >= 15 is 0 Å². The van der Waals surface area contributed by atoms with Gasteiger partial charge in [-0.25, -0.2) is 0 Å². The molecule has 1 aromatic heterocycles. The Kier molecular flexibility index (Phi) is 5.04. The van der Waals surface area contributed by atoms with Crippen molar-refractivity contribution in [3.63, 3.8) is 0 Å². The van der Waals surface area contributed by atoms with Gasteiger partial charge < -0.3 is 4.74 Å². The minimum Gasteiger partial charge on any atom is -0.444 e. The van der Waals surface area contributed by atoms with Gasteiger partial charge in [0.15, 0.2) is 11.5 Å². The zero-order valence-electron chi connectivity index (χ0n) is 23.3. The molecule has 6 rings (SSSR count). The number of fused-ring (bicyclic) bond motifs is 2. The Labute approximate surface area is 221 Å². The van der Waals surface area contributed by atoms with Gasteiger partial charge in [0.2, 0.25) is 11.9 Å². The van der Waals surface area contributed by atoms with Crippen LogP contribution < -0.4 is 14.0 Å². The molecule has 37 heavy (non-hydrogen) atoms. The van der Waals surface area contributed by atoms with Crippen molar-refractivity contribution in [2.24, 2.45) is 0 Å². The Morgan fingerprint density at radius 2 is 1.49 bits per heavy atom. The van der Waals surface area contributed by atoms with E-state index in [1.807, 2.05) is 0 Å². The van der Waals surface area contributed by atoms with Crippen molar-refractivity contribution < 1.29 is 9.41 Å². The third-order valence-corrected chi connectivity index (χ3v) is 8.16. The van der Waals surface area contributed by atoms with Gasteiger partial charge in [0.1, 0.15) is 12.1 Å². The third-order valence-electron chi connectivity index (χ3n) is 8.16. The molecule has 3 aliphatic rings. The van der Waals surface area contributed by atoms with E-state index in [4.69, 9.17) is 4.74 Å². The first-order valence-electron chi connectivity index (χ1n) is 13.5. The van der Waals surface area contributed by atoms with E-state index in [1.165, 1.54) is 50.5 Å². The van der Waals surface area contributed by atoms with E-state index in [1.54, 1.807) is 0 Å². The summed E-state index contributed by atoms with van der Waals surface area (Å²) in [5.41, 5.74) is 11.4. The maximum atomic E-state index is 6.82. The van der Waals surface area contributed by atoms with Crippen molar-refractivity contribution in [1.29, 1.82) is 0 Å². The Balaban J connectivity index is 1.84. The van der Waals surface area contributed by atoms with Crippen LogP contribution in [0, 0.1) is 0 Å². The molecule has 0 amide bonds. The van der Waals surface area contributed by atoms with Crippen LogP contribution in [0.4, 0.5) is 11.4 Å². The summed E-state index contributed by atoms with van der Waals surface area (Å²) >= 11 is 0. The molecule has 3 heteroatoms. The minimum atomic E-state index is -0.0474. The Bertz CT molecular complexity index is 1540. The molecule has 3 nitrogen and oxygen atoms in total. The van der Waals surface area contributed by atoms with Crippen LogP contribution in [0.1, 0.15) is 71.6 Å². The summed E-state index contributed by atoms with van der Waals surface area (Å²) in [7, 11) is 0. The lowest BCUT2D eigenvalue weighted by atomic mass is 9.79. The molecule has 0 aliphatic carbocycles. The predicted octanol–water partition coefficient (Wildman–Crippen LogP) is 8.68. The van der Waals surface area contributed by atoms with Gasteiger partial charge in [0.05, 0.1) is 5.56 Å². The summed E-state index contributed by atoms with van der Waals surface area (Å²) in [4.78, 5) is 0. The third kappa shape index (κ3) is 3.20. The second-order valence-electron chi connectivity index (χ2n) is 12.7. The summed E-state index contributed by atoms with van der Waals surface area (Å²) in [5.74, 6) is 1.90. The number of rotatable bonds is 1. The van der Waals surface area contributed by atoms with Crippen molar-refractivity contribution in [3.8, 4) is 22.8 Å². The predicted molar refractivity (Wildman–Crippen MR) is 154 cm³/mol. The number of allylic oxidation sites excluding steroid dienone is 4. The van der Waals surface area contributed by atoms with Gasteiger partial charge in [-0.15, -0.1) is 0 Å². The zero-order valence-corrected chi connectivity index (χ0v) is 23.3. The lowest BCUT2D eigenvalue weighted by Crippen LogP contribution is -2.67. The minimum absolute atomic E-state index is 0.00480. The van der Waals surface area contributed by atoms with E-state index in [9.17, 15) is 0 Å².